The molecular weight excluding hydrogens is 400 g/mol. The van der Waals surface area contributed by atoms with Crippen LogP contribution in [0.25, 0.3) is 0 Å². The van der Waals surface area contributed by atoms with Gasteiger partial charge in [0.1, 0.15) is 0 Å². The fourth-order valence-electron chi connectivity index (χ4n) is 4.24. The van der Waals surface area contributed by atoms with Gasteiger partial charge in [-0.25, -0.2) is 4.79 Å². The summed E-state index contributed by atoms with van der Waals surface area (Å²) in [4.78, 5) is 29.3. The van der Waals surface area contributed by atoms with Crippen LogP contribution >= 0.6 is 11.6 Å². The van der Waals surface area contributed by atoms with Crippen LogP contribution in [0.3, 0.4) is 0 Å². The molecule has 2 amide bonds. The molecule has 1 aromatic heterocycles. The van der Waals surface area contributed by atoms with Crippen molar-refractivity contribution in [2.75, 3.05) is 38.0 Å². The maximum absolute atomic E-state index is 13.0. The van der Waals surface area contributed by atoms with Crippen molar-refractivity contribution in [3.05, 3.63) is 52.3 Å². The molecular formula is C23H31ClN4O2. The molecule has 7 heteroatoms. The van der Waals surface area contributed by atoms with E-state index < -0.39 is 0 Å². The summed E-state index contributed by atoms with van der Waals surface area (Å²) in [7, 11) is 0. The molecule has 30 heavy (non-hydrogen) atoms. The molecule has 3 rings (SSSR count). The standard InChI is InChI=1S/C23H31ClN4O2/c1-16-13-20(17(2)28(16)23(3,4)5)21(29)15-26-9-11-27(12-10-26)22(30)25-19-8-6-7-18(24)14-19/h6-8,13-14H,9-12,15H2,1-5H3,(H,25,30). The Bertz CT molecular complexity index is 937. The maximum atomic E-state index is 13.0. The first-order chi connectivity index (χ1) is 14.1. The first kappa shape index (κ1) is 22.4. The molecule has 0 bridgehead atoms. The highest BCUT2D eigenvalue weighted by atomic mass is 35.5. The third kappa shape index (κ3) is 5.05. The number of aromatic nitrogens is 1. The zero-order valence-electron chi connectivity index (χ0n) is 18.5. The van der Waals surface area contributed by atoms with E-state index in [2.05, 4.69) is 35.6 Å². The van der Waals surface area contributed by atoms with Crippen LogP contribution in [-0.2, 0) is 5.54 Å². The Kier molecular flexibility index (Phi) is 6.58. The number of rotatable bonds is 4. The van der Waals surface area contributed by atoms with E-state index in [1.807, 2.05) is 26.0 Å². The van der Waals surface area contributed by atoms with Gasteiger partial charge in [-0.2, -0.15) is 0 Å². The van der Waals surface area contributed by atoms with Crippen LogP contribution in [-0.4, -0.2) is 58.9 Å². The minimum atomic E-state index is -0.142. The van der Waals surface area contributed by atoms with Crippen molar-refractivity contribution in [1.29, 1.82) is 0 Å². The number of anilines is 1. The number of halogens is 1. The van der Waals surface area contributed by atoms with Gasteiger partial charge in [0, 0.05) is 59.4 Å². The molecule has 0 saturated carbocycles. The fraction of sp³-hybridized carbons (Fsp3) is 0.478. The zero-order chi connectivity index (χ0) is 22.1. The molecule has 6 nitrogen and oxygen atoms in total. The normalized spacial score (nSPS) is 15.3. The van der Waals surface area contributed by atoms with Crippen molar-refractivity contribution in [3.8, 4) is 0 Å². The summed E-state index contributed by atoms with van der Waals surface area (Å²) in [5.74, 6) is 0.135. The Morgan fingerprint density at radius 2 is 1.73 bits per heavy atom. The Morgan fingerprint density at radius 1 is 1.07 bits per heavy atom. The van der Waals surface area contributed by atoms with E-state index in [1.54, 1.807) is 23.1 Å². The van der Waals surface area contributed by atoms with Gasteiger partial charge in [-0.1, -0.05) is 17.7 Å². The summed E-state index contributed by atoms with van der Waals surface area (Å²) in [6.45, 7) is 13.4. The van der Waals surface area contributed by atoms with Crippen LogP contribution in [0, 0.1) is 13.8 Å². The van der Waals surface area contributed by atoms with Crippen molar-refractivity contribution in [3.63, 3.8) is 0 Å². The largest absolute Gasteiger partial charge is 0.343 e. The summed E-state index contributed by atoms with van der Waals surface area (Å²) in [6, 6.07) is 8.97. The summed E-state index contributed by atoms with van der Waals surface area (Å²) in [6.07, 6.45) is 0. The number of carbonyl (C=O) groups is 2. The SMILES string of the molecule is Cc1cc(C(=O)CN2CCN(C(=O)Nc3cccc(Cl)c3)CC2)c(C)n1C(C)(C)C. The first-order valence-electron chi connectivity index (χ1n) is 10.3. The number of benzene rings is 1. The van der Waals surface area contributed by atoms with E-state index in [1.165, 1.54) is 0 Å². The Hall–Kier alpha value is -2.31. The molecule has 2 aromatic rings. The van der Waals surface area contributed by atoms with Crippen molar-refractivity contribution >= 4 is 29.1 Å². The molecule has 2 heterocycles. The number of aryl methyl sites for hydroxylation is 1. The number of ketones is 1. The lowest BCUT2D eigenvalue weighted by molar-refractivity contribution is 0.0883. The highest BCUT2D eigenvalue weighted by Crippen LogP contribution is 2.25. The average Bonchev–Trinajstić information content (AvgIpc) is 2.96. The van der Waals surface area contributed by atoms with Gasteiger partial charge in [0.05, 0.1) is 6.54 Å². The number of carbonyl (C=O) groups excluding carboxylic acids is 2. The highest BCUT2D eigenvalue weighted by Gasteiger charge is 2.26. The first-order valence-corrected chi connectivity index (χ1v) is 10.7. The second kappa shape index (κ2) is 8.82. The third-order valence-corrected chi connectivity index (χ3v) is 5.74. The van der Waals surface area contributed by atoms with E-state index in [-0.39, 0.29) is 17.4 Å². The van der Waals surface area contributed by atoms with Gasteiger partial charge in [0.2, 0.25) is 0 Å². The molecule has 0 spiro atoms. The second-order valence-electron chi connectivity index (χ2n) is 8.92. The molecule has 1 aromatic carbocycles. The molecule has 0 radical (unpaired) electrons. The predicted octanol–water partition coefficient (Wildman–Crippen LogP) is 4.55. The van der Waals surface area contributed by atoms with Gasteiger partial charge in [-0.15, -0.1) is 0 Å². The Balaban J connectivity index is 1.56. The van der Waals surface area contributed by atoms with Crippen molar-refractivity contribution in [2.45, 2.75) is 40.2 Å². The Morgan fingerprint density at radius 3 is 2.30 bits per heavy atom. The molecule has 1 saturated heterocycles. The fourth-order valence-corrected chi connectivity index (χ4v) is 4.43. The topological polar surface area (TPSA) is 57.6 Å². The van der Waals surface area contributed by atoms with Gasteiger partial charge in [0.15, 0.2) is 5.78 Å². The predicted molar refractivity (Wildman–Crippen MR) is 122 cm³/mol. The summed E-state index contributed by atoms with van der Waals surface area (Å²) in [5, 5.41) is 3.46. The van der Waals surface area contributed by atoms with Crippen LogP contribution in [0.5, 0.6) is 0 Å². The number of nitrogens with one attached hydrogen (secondary N) is 1. The number of Topliss-reactive ketones (excluding diaryl/α,β-unsaturated/α-hetero) is 1. The second-order valence-corrected chi connectivity index (χ2v) is 9.35. The van der Waals surface area contributed by atoms with Crippen LogP contribution in [0.2, 0.25) is 5.02 Å². The number of piperazine rings is 1. The molecule has 1 fully saturated rings. The molecule has 1 N–H and O–H groups in total. The number of urea groups is 1. The Labute approximate surface area is 183 Å². The van der Waals surface area contributed by atoms with Gasteiger partial charge in [-0.05, 0) is 58.9 Å². The summed E-state index contributed by atoms with van der Waals surface area (Å²) < 4.78 is 2.22. The van der Waals surface area contributed by atoms with E-state index in [0.29, 0.717) is 43.4 Å². The summed E-state index contributed by atoms with van der Waals surface area (Å²) in [5.41, 5.74) is 3.53. The third-order valence-electron chi connectivity index (χ3n) is 5.50. The minimum Gasteiger partial charge on any atom is -0.343 e. The number of nitrogens with zero attached hydrogens (tertiary/aromatic N) is 3. The van der Waals surface area contributed by atoms with Gasteiger partial charge >= 0.3 is 6.03 Å². The molecule has 0 aliphatic carbocycles. The molecule has 1 aliphatic rings. The number of amides is 2. The van der Waals surface area contributed by atoms with E-state index >= 15 is 0 Å². The van der Waals surface area contributed by atoms with E-state index in [0.717, 1.165) is 17.0 Å². The molecule has 0 unspecified atom stereocenters. The van der Waals surface area contributed by atoms with Crippen LogP contribution in [0.4, 0.5) is 10.5 Å². The minimum absolute atomic E-state index is 0.0608. The monoisotopic (exact) mass is 430 g/mol. The maximum Gasteiger partial charge on any atom is 0.321 e. The number of hydrogen-bond acceptors (Lipinski definition) is 3. The summed E-state index contributed by atoms with van der Waals surface area (Å²) >= 11 is 5.97. The lowest BCUT2D eigenvalue weighted by Crippen LogP contribution is -2.51. The molecule has 162 valence electrons. The van der Waals surface area contributed by atoms with Crippen LogP contribution in [0.15, 0.2) is 30.3 Å². The lowest BCUT2D eigenvalue weighted by Gasteiger charge is -2.34. The van der Waals surface area contributed by atoms with E-state index in [9.17, 15) is 9.59 Å². The highest BCUT2D eigenvalue weighted by molar-refractivity contribution is 6.30. The van der Waals surface area contributed by atoms with Gasteiger partial charge in [-0.3, -0.25) is 9.69 Å². The van der Waals surface area contributed by atoms with Crippen molar-refractivity contribution in [1.82, 2.24) is 14.4 Å². The smallest absolute Gasteiger partial charge is 0.321 e. The quantitative estimate of drug-likeness (QED) is 0.724. The van der Waals surface area contributed by atoms with Gasteiger partial charge < -0.3 is 14.8 Å². The molecule has 1 aliphatic heterocycles. The lowest BCUT2D eigenvalue weighted by atomic mass is 10.1. The van der Waals surface area contributed by atoms with Gasteiger partial charge in [0.25, 0.3) is 0 Å². The number of hydrogen-bond donors (Lipinski definition) is 1. The van der Waals surface area contributed by atoms with E-state index in [4.69, 9.17) is 11.6 Å². The van der Waals surface area contributed by atoms with Crippen molar-refractivity contribution < 1.29 is 9.59 Å². The zero-order valence-corrected chi connectivity index (χ0v) is 19.2. The van der Waals surface area contributed by atoms with Crippen LogP contribution in [0.1, 0.15) is 42.5 Å². The average molecular weight is 431 g/mol. The molecule has 0 atom stereocenters. The van der Waals surface area contributed by atoms with Crippen molar-refractivity contribution in [2.24, 2.45) is 0 Å². The van der Waals surface area contributed by atoms with Crippen LogP contribution < -0.4 is 5.32 Å².